The SMILES string of the molecule is O=C(CCCl)N1CCN(C(=O)Cc2cccs2)CC1. The minimum Gasteiger partial charge on any atom is -0.339 e. The predicted molar refractivity (Wildman–Crippen MR) is 76.5 cm³/mol. The molecule has 4 nitrogen and oxygen atoms in total. The Kier molecular flexibility index (Phi) is 5.22. The average Bonchev–Trinajstić information content (AvgIpc) is 2.92. The van der Waals surface area contributed by atoms with E-state index in [4.69, 9.17) is 11.6 Å². The van der Waals surface area contributed by atoms with E-state index in [1.54, 1.807) is 16.2 Å². The third-order valence-electron chi connectivity index (χ3n) is 3.20. The topological polar surface area (TPSA) is 40.6 Å². The number of piperazine rings is 1. The molecule has 104 valence electrons. The van der Waals surface area contributed by atoms with Gasteiger partial charge in [0.15, 0.2) is 0 Å². The van der Waals surface area contributed by atoms with Crippen LogP contribution >= 0.6 is 22.9 Å². The molecule has 0 aromatic carbocycles. The molecule has 6 heteroatoms. The number of nitrogens with zero attached hydrogens (tertiary/aromatic N) is 2. The number of carbonyl (C=O) groups excluding carboxylic acids is 2. The van der Waals surface area contributed by atoms with Gasteiger partial charge in [0.2, 0.25) is 11.8 Å². The molecule has 2 amide bonds. The number of carbonyl (C=O) groups is 2. The Morgan fingerprint density at radius 1 is 1.16 bits per heavy atom. The molecule has 0 atom stereocenters. The molecule has 0 N–H and O–H groups in total. The summed E-state index contributed by atoms with van der Waals surface area (Å²) < 4.78 is 0. The van der Waals surface area contributed by atoms with Crippen LogP contribution in [0.1, 0.15) is 11.3 Å². The van der Waals surface area contributed by atoms with Gasteiger partial charge in [-0.15, -0.1) is 22.9 Å². The van der Waals surface area contributed by atoms with Gasteiger partial charge in [0.1, 0.15) is 0 Å². The highest BCUT2D eigenvalue weighted by Gasteiger charge is 2.23. The lowest BCUT2D eigenvalue weighted by Gasteiger charge is -2.34. The Morgan fingerprint density at radius 3 is 2.32 bits per heavy atom. The Hall–Kier alpha value is -1.07. The molecule has 0 unspecified atom stereocenters. The van der Waals surface area contributed by atoms with Crippen molar-refractivity contribution in [1.29, 1.82) is 0 Å². The van der Waals surface area contributed by atoms with Crippen LogP contribution < -0.4 is 0 Å². The second kappa shape index (κ2) is 6.91. The number of rotatable bonds is 4. The third kappa shape index (κ3) is 3.94. The van der Waals surface area contributed by atoms with Gasteiger partial charge < -0.3 is 9.80 Å². The van der Waals surface area contributed by atoms with Crippen molar-refractivity contribution in [2.45, 2.75) is 12.8 Å². The number of amides is 2. The van der Waals surface area contributed by atoms with Crippen molar-refractivity contribution < 1.29 is 9.59 Å². The normalized spacial score (nSPS) is 15.6. The van der Waals surface area contributed by atoms with Gasteiger partial charge in [0.05, 0.1) is 6.42 Å². The molecule has 0 bridgehead atoms. The number of hydrogen-bond donors (Lipinski definition) is 0. The minimum atomic E-state index is 0.0837. The van der Waals surface area contributed by atoms with E-state index in [0.29, 0.717) is 44.9 Å². The highest BCUT2D eigenvalue weighted by molar-refractivity contribution is 7.10. The molecular formula is C13H17ClN2O2S. The summed E-state index contributed by atoms with van der Waals surface area (Å²) in [6.07, 6.45) is 0.845. The fraction of sp³-hybridized carbons (Fsp3) is 0.538. The second-order valence-corrected chi connectivity index (χ2v) is 5.87. The van der Waals surface area contributed by atoms with Crippen LogP contribution in [-0.2, 0) is 16.0 Å². The zero-order valence-corrected chi connectivity index (χ0v) is 12.3. The molecule has 1 aliphatic heterocycles. The molecule has 2 heterocycles. The van der Waals surface area contributed by atoms with Crippen molar-refractivity contribution in [2.75, 3.05) is 32.1 Å². The van der Waals surface area contributed by atoms with Gasteiger partial charge in [-0.25, -0.2) is 0 Å². The Bertz CT molecular complexity index is 428. The maximum atomic E-state index is 12.1. The maximum Gasteiger partial charge on any atom is 0.227 e. The molecular weight excluding hydrogens is 284 g/mol. The van der Waals surface area contributed by atoms with Gasteiger partial charge in [0.25, 0.3) is 0 Å². The lowest BCUT2D eigenvalue weighted by molar-refractivity contribution is -0.138. The van der Waals surface area contributed by atoms with Crippen molar-refractivity contribution in [3.8, 4) is 0 Å². The summed E-state index contributed by atoms with van der Waals surface area (Å²) in [7, 11) is 0. The first-order valence-electron chi connectivity index (χ1n) is 6.34. The van der Waals surface area contributed by atoms with Gasteiger partial charge in [-0.3, -0.25) is 9.59 Å². The second-order valence-electron chi connectivity index (χ2n) is 4.46. The first-order valence-corrected chi connectivity index (χ1v) is 7.76. The van der Waals surface area contributed by atoms with Gasteiger partial charge in [-0.05, 0) is 11.4 Å². The van der Waals surface area contributed by atoms with E-state index in [-0.39, 0.29) is 11.8 Å². The first-order chi connectivity index (χ1) is 9.20. The summed E-state index contributed by atoms with van der Waals surface area (Å²) in [4.78, 5) is 28.5. The van der Waals surface area contributed by atoms with Crippen LogP contribution in [0.25, 0.3) is 0 Å². The van der Waals surface area contributed by atoms with Crippen LogP contribution in [0.5, 0.6) is 0 Å². The summed E-state index contributed by atoms with van der Waals surface area (Å²) in [5, 5.41) is 1.98. The van der Waals surface area contributed by atoms with E-state index in [1.165, 1.54) is 0 Å². The van der Waals surface area contributed by atoms with Crippen molar-refractivity contribution in [1.82, 2.24) is 9.80 Å². The number of hydrogen-bond acceptors (Lipinski definition) is 3. The lowest BCUT2D eigenvalue weighted by atomic mass is 10.2. The molecule has 1 aromatic heterocycles. The van der Waals surface area contributed by atoms with Crippen molar-refractivity contribution in [3.05, 3.63) is 22.4 Å². The third-order valence-corrected chi connectivity index (χ3v) is 4.26. The summed E-state index contributed by atoms with van der Waals surface area (Å²) in [5.41, 5.74) is 0. The fourth-order valence-electron chi connectivity index (χ4n) is 2.12. The number of alkyl halides is 1. The standard InChI is InChI=1S/C13H17ClN2O2S/c14-4-3-12(17)15-5-7-16(8-6-15)13(18)10-11-2-1-9-19-11/h1-2,9H,3-8,10H2. The van der Waals surface area contributed by atoms with E-state index >= 15 is 0 Å². The van der Waals surface area contributed by atoms with E-state index in [0.717, 1.165) is 4.88 Å². The van der Waals surface area contributed by atoms with E-state index < -0.39 is 0 Å². The summed E-state index contributed by atoms with van der Waals surface area (Å²) >= 11 is 7.16. The smallest absolute Gasteiger partial charge is 0.227 e. The molecule has 0 spiro atoms. The van der Waals surface area contributed by atoms with Crippen molar-refractivity contribution >= 4 is 34.8 Å². The van der Waals surface area contributed by atoms with E-state index in [9.17, 15) is 9.59 Å². The zero-order chi connectivity index (χ0) is 13.7. The molecule has 19 heavy (non-hydrogen) atoms. The van der Waals surface area contributed by atoms with E-state index in [1.807, 2.05) is 22.4 Å². The highest BCUT2D eigenvalue weighted by atomic mass is 35.5. The molecule has 1 fully saturated rings. The van der Waals surface area contributed by atoms with Crippen LogP contribution in [-0.4, -0.2) is 53.7 Å². The molecule has 2 rings (SSSR count). The van der Waals surface area contributed by atoms with Gasteiger partial charge in [0, 0.05) is 43.4 Å². The van der Waals surface area contributed by atoms with Gasteiger partial charge in [-0.2, -0.15) is 0 Å². The average molecular weight is 301 g/mol. The minimum absolute atomic E-state index is 0.0837. The Labute approximate surface area is 121 Å². The highest BCUT2D eigenvalue weighted by Crippen LogP contribution is 2.12. The maximum absolute atomic E-state index is 12.1. The Balaban J connectivity index is 1.79. The summed E-state index contributed by atoms with van der Waals surface area (Å²) in [6, 6.07) is 3.93. The van der Waals surface area contributed by atoms with Gasteiger partial charge in [-0.1, -0.05) is 6.07 Å². The molecule has 0 radical (unpaired) electrons. The largest absolute Gasteiger partial charge is 0.339 e. The molecule has 1 saturated heterocycles. The zero-order valence-electron chi connectivity index (χ0n) is 10.7. The molecule has 1 aromatic rings. The Morgan fingerprint density at radius 2 is 1.79 bits per heavy atom. The lowest BCUT2D eigenvalue weighted by Crippen LogP contribution is -2.51. The van der Waals surface area contributed by atoms with Crippen LogP contribution in [0.4, 0.5) is 0 Å². The molecule has 1 aliphatic rings. The summed E-state index contributed by atoms with van der Waals surface area (Å²) in [6.45, 7) is 2.48. The van der Waals surface area contributed by atoms with Crippen LogP contribution in [0.2, 0.25) is 0 Å². The quantitative estimate of drug-likeness (QED) is 0.792. The fourth-order valence-corrected chi connectivity index (χ4v) is 2.98. The first kappa shape index (κ1) is 14.3. The van der Waals surface area contributed by atoms with Gasteiger partial charge >= 0.3 is 0 Å². The van der Waals surface area contributed by atoms with Crippen molar-refractivity contribution in [3.63, 3.8) is 0 Å². The van der Waals surface area contributed by atoms with Crippen LogP contribution in [0, 0.1) is 0 Å². The van der Waals surface area contributed by atoms with Crippen molar-refractivity contribution in [2.24, 2.45) is 0 Å². The van der Waals surface area contributed by atoms with E-state index in [2.05, 4.69) is 0 Å². The number of thiophene rings is 1. The molecule has 0 aliphatic carbocycles. The van der Waals surface area contributed by atoms with Crippen LogP contribution in [0.3, 0.4) is 0 Å². The van der Waals surface area contributed by atoms with Crippen LogP contribution in [0.15, 0.2) is 17.5 Å². The molecule has 0 saturated carbocycles. The predicted octanol–water partition coefficient (Wildman–Crippen LogP) is 1.59. The monoisotopic (exact) mass is 300 g/mol. The summed E-state index contributed by atoms with van der Waals surface area (Å²) in [5.74, 6) is 0.586. The number of halogens is 1.